The molecule has 0 unspecified atom stereocenters. The smallest absolute Gasteiger partial charge is 0.336 e. The van der Waals surface area contributed by atoms with Crippen molar-refractivity contribution >= 4 is 40.3 Å². The summed E-state index contributed by atoms with van der Waals surface area (Å²) in [5.74, 6) is -1.38. The van der Waals surface area contributed by atoms with Gasteiger partial charge in [0.1, 0.15) is 6.04 Å². The van der Waals surface area contributed by atoms with Crippen LogP contribution in [0.25, 0.3) is 10.9 Å². The van der Waals surface area contributed by atoms with Crippen LogP contribution in [0.4, 0.5) is 10.5 Å². The van der Waals surface area contributed by atoms with Crippen molar-refractivity contribution in [2.45, 2.75) is 38.3 Å². The Balaban J connectivity index is 1.78. The number of nitrogens with one attached hydrogen (secondary N) is 3. The van der Waals surface area contributed by atoms with E-state index in [-0.39, 0.29) is 38.4 Å². The van der Waals surface area contributed by atoms with E-state index in [1.165, 1.54) is 11.8 Å². The van der Waals surface area contributed by atoms with Gasteiger partial charge in [0.15, 0.2) is 0 Å². The molecule has 230 valence electrons. The number of anilines is 1. The summed E-state index contributed by atoms with van der Waals surface area (Å²) in [5, 5.41) is 7.38. The molecule has 0 saturated heterocycles. The predicted molar refractivity (Wildman–Crippen MR) is 165 cm³/mol. The number of fused-ring (bicyclic) bond motifs is 1. The number of pyridine rings is 1. The van der Waals surface area contributed by atoms with E-state index in [4.69, 9.17) is 17.2 Å². The largest absolute Gasteiger partial charge is 0.340 e. The SMILES string of the molecule is C[C@H](N)C(=O)NN(CCC(=O)N(CCN)CCN)C(=O)N[C@@H](CCc1ccccc1)C(=O)Nc1cnc2ccccc2c1. The first-order valence-corrected chi connectivity index (χ1v) is 14.2. The van der Waals surface area contributed by atoms with Gasteiger partial charge in [-0.05, 0) is 37.5 Å². The van der Waals surface area contributed by atoms with E-state index in [9.17, 15) is 19.2 Å². The van der Waals surface area contributed by atoms with Crippen LogP contribution >= 0.6 is 0 Å². The predicted octanol–water partition coefficient (Wildman–Crippen LogP) is 0.701. The Bertz CT molecular complexity index is 1360. The van der Waals surface area contributed by atoms with E-state index in [2.05, 4.69) is 21.0 Å². The van der Waals surface area contributed by atoms with E-state index in [0.29, 0.717) is 25.2 Å². The fourth-order valence-corrected chi connectivity index (χ4v) is 4.30. The summed E-state index contributed by atoms with van der Waals surface area (Å²) in [6, 6.07) is 16.2. The standard InChI is InChI=1S/C30H41N9O4/c1-21(33)28(41)37-39(16-13-27(40)38(17-14-31)18-15-32)30(43)36-26(12-11-22-7-3-2-4-8-22)29(42)35-24-19-23-9-5-6-10-25(23)34-20-24/h2-10,19-21,26H,11-18,31-33H2,1H3,(H,35,42)(H,36,43)(H,37,41)/t21-,26-/m0/s1. The number of carbonyl (C=O) groups is 4. The van der Waals surface area contributed by atoms with E-state index >= 15 is 0 Å². The van der Waals surface area contributed by atoms with Crippen LogP contribution in [0.3, 0.4) is 0 Å². The highest BCUT2D eigenvalue weighted by Crippen LogP contribution is 2.17. The third-order valence-corrected chi connectivity index (χ3v) is 6.64. The lowest BCUT2D eigenvalue weighted by Crippen LogP contribution is -2.58. The van der Waals surface area contributed by atoms with Crippen LogP contribution in [0.15, 0.2) is 66.9 Å². The third kappa shape index (κ3) is 10.3. The average Bonchev–Trinajstić information content (AvgIpc) is 3.01. The van der Waals surface area contributed by atoms with Crippen molar-refractivity contribution in [1.82, 2.24) is 25.6 Å². The van der Waals surface area contributed by atoms with Crippen LogP contribution in [0.5, 0.6) is 0 Å². The highest BCUT2D eigenvalue weighted by atomic mass is 16.2. The summed E-state index contributed by atoms with van der Waals surface area (Å²) in [6.07, 6.45) is 2.19. The number of nitrogens with zero attached hydrogens (tertiary/aromatic N) is 3. The normalized spacial score (nSPS) is 12.2. The number of hydrogen-bond acceptors (Lipinski definition) is 8. The Labute approximate surface area is 251 Å². The Morgan fingerprint density at radius 3 is 2.26 bits per heavy atom. The second-order valence-electron chi connectivity index (χ2n) is 10.1. The summed E-state index contributed by atoms with van der Waals surface area (Å²) >= 11 is 0. The van der Waals surface area contributed by atoms with Crippen molar-refractivity contribution in [1.29, 1.82) is 0 Å². The van der Waals surface area contributed by atoms with Crippen molar-refractivity contribution in [2.75, 3.05) is 38.0 Å². The van der Waals surface area contributed by atoms with Gasteiger partial charge in [0.05, 0.1) is 30.0 Å². The minimum atomic E-state index is -0.990. The molecule has 0 aliphatic carbocycles. The molecule has 5 amide bonds. The zero-order valence-electron chi connectivity index (χ0n) is 24.4. The number of amides is 5. The molecule has 0 radical (unpaired) electrons. The van der Waals surface area contributed by atoms with E-state index in [1.54, 1.807) is 12.3 Å². The molecule has 0 saturated carbocycles. The number of benzene rings is 2. The third-order valence-electron chi connectivity index (χ3n) is 6.64. The van der Waals surface area contributed by atoms with Crippen molar-refractivity contribution in [3.8, 4) is 0 Å². The molecule has 3 aromatic rings. The van der Waals surface area contributed by atoms with E-state index in [0.717, 1.165) is 21.5 Å². The Kier molecular flexibility index (Phi) is 12.8. The molecule has 9 N–H and O–H groups in total. The maximum Gasteiger partial charge on any atom is 0.336 e. The van der Waals surface area contributed by atoms with Crippen molar-refractivity contribution < 1.29 is 19.2 Å². The molecule has 2 aromatic carbocycles. The van der Waals surface area contributed by atoms with Gasteiger partial charge in [0.2, 0.25) is 11.8 Å². The number of hydrogen-bond donors (Lipinski definition) is 6. The summed E-state index contributed by atoms with van der Waals surface area (Å²) in [5.41, 5.74) is 21.6. The number of aryl methyl sites for hydroxylation is 1. The Hall–Kier alpha value is -4.59. The molecule has 3 rings (SSSR count). The highest BCUT2D eigenvalue weighted by molar-refractivity contribution is 5.98. The van der Waals surface area contributed by atoms with E-state index < -0.39 is 29.9 Å². The minimum absolute atomic E-state index is 0.115. The average molecular weight is 592 g/mol. The molecule has 0 fully saturated rings. The van der Waals surface area contributed by atoms with Gasteiger partial charge in [-0.15, -0.1) is 0 Å². The number of aromatic nitrogens is 1. The monoisotopic (exact) mass is 591 g/mol. The van der Waals surface area contributed by atoms with E-state index in [1.807, 2.05) is 54.6 Å². The fourth-order valence-electron chi connectivity index (χ4n) is 4.30. The van der Waals surface area contributed by atoms with Gasteiger partial charge in [-0.2, -0.15) is 0 Å². The molecule has 1 heterocycles. The summed E-state index contributed by atoms with van der Waals surface area (Å²) in [6.45, 7) is 2.41. The van der Waals surface area contributed by atoms with Gasteiger partial charge in [-0.1, -0.05) is 48.5 Å². The molecule has 13 nitrogen and oxygen atoms in total. The highest BCUT2D eigenvalue weighted by Gasteiger charge is 2.26. The molecular weight excluding hydrogens is 550 g/mol. The molecule has 13 heteroatoms. The van der Waals surface area contributed by atoms with Crippen LogP contribution in [0.1, 0.15) is 25.3 Å². The number of carbonyl (C=O) groups excluding carboxylic acids is 4. The van der Waals surface area contributed by atoms with Crippen LogP contribution in [0, 0.1) is 0 Å². The first-order valence-electron chi connectivity index (χ1n) is 14.2. The van der Waals surface area contributed by atoms with Crippen LogP contribution < -0.4 is 33.3 Å². The fraction of sp³-hybridized carbons (Fsp3) is 0.367. The van der Waals surface area contributed by atoms with Crippen LogP contribution in [-0.4, -0.2) is 83.5 Å². The lowest BCUT2D eigenvalue weighted by molar-refractivity contribution is -0.132. The molecule has 0 spiro atoms. The first-order chi connectivity index (χ1) is 20.7. The van der Waals surface area contributed by atoms with Gasteiger partial charge in [-0.25, -0.2) is 9.80 Å². The van der Waals surface area contributed by atoms with Crippen molar-refractivity contribution in [2.24, 2.45) is 17.2 Å². The summed E-state index contributed by atoms with van der Waals surface area (Å²) in [4.78, 5) is 58.1. The Morgan fingerprint density at radius 1 is 0.907 bits per heavy atom. The molecule has 0 aliphatic rings. The lowest BCUT2D eigenvalue weighted by atomic mass is 10.0. The molecule has 2 atom stereocenters. The maximum absolute atomic E-state index is 13.5. The number of para-hydroxylation sites is 1. The molecule has 0 bridgehead atoms. The molecule has 1 aromatic heterocycles. The quantitative estimate of drug-likeness (QED) is 0.147. The zero-order valence-corrected chi connectivity index (χ0v) is 24.4. The molecule has 0 aliphatic heterocycles. The second-order valence-corrected chi connectivity index (χ2v) is 10.1. The minimum Gasteiger partial charge on any atom is -0.340 e. The Morgan fingerprint density at radius 2 is 1.58 bits per heavy atom. The number of nitrogens with two attached hydrogens (primary N) is 3. The number of urea groups is 1. The maximum atomic E-state index is 13.5. The van der Waals surface area contributed by atoms with Gasteiger partial charge >= 0.3 is 6.03 Å². The summed E-state index contributed by atoms with van der Waals surface area (Å²) in [7, 11) is 0. The van der Waals surface area contributed by atoms with Gasteiger partial charge < -0.3 is 32.7 Å². The van der Waals surface area contributed by atoms with Crippen LogP contribution in [0.2, 0.25) is 0 Å². The van der Waals surface area contributed by atoms with Gasteiger partial charge in [0, 0.05) is 38.0 Å². The summed E-state index contributed by atoms with van der Waals surface area (Å²) < 4.78 is 0. The van der Waals surface area contributed by atoms with Gasteiger partial charge in [-0.3, -0.25) is 24.8 Å². The number of rotatable bonds is 14. The van der Waals surface area contributed by atoms with Gasteiger partial charge in [0.25, 0.3) is 5.91 Å². The lowest BCUT2D eigenvalue weighted by Gasteiger charge is -2.28. The van der Waals surface area contributed by atoms with Crippen molar-refractivity contribution in [3.63, 3.8) is 0 Å². The van der Waals surface area contributed by atoms with Crippen LogP contribution in [-0.2, 0) is 20.8 Å². The number of hydrazine groups is 1. The molecule has 43 heavy (non-hydrogen) atoms. The first kappa shape index (κ1) is 32.9. The zero-order chi connectivity index (χ0) is 31.2. The topological polar surface area (TPSA) is 202 Å². The van der Waals surface area contributed by atoms with Crippen molar-refractivity contribution in [3.05, 3.63) is 72.4 Å². The second kappa shape index (κ2) is 16.8. The molecular formula is C30H41N9O4.